The molecule has 2 aromatic carbocycles. The first kappa shape index (κ1) is 17.0. The lowest BCUT2D eigenvalue weighted by molar-refractivity contribution is 0.0989. The van der Waals surface area contributed by atoms with Gasteiger partial charge in [-0.15, -0.1) is 12.4 Å². The van der Waals surface area contributed by atoms with Gasteiger partial charge in [0.15, 0.2) is 0 Å². The Morgan fingerprint density at radius 1 is 1.14 bits per heavy atom. The van der Waals surface area contributed by atoms with Crippen LogP contribution in [0.15, 0.2) is 42.5 Å². The highest BCUT2D eigenvalue weighted by Gasteiger charge is 2.30. The van der Waals surface area contributed by atoms with E-state index in [2.05, 4.69) is 5.32 Å². The molecule has 22 heavy (non-hydrogen) atoms. The van der Waals surface area contributed by atoms with Crippen LogP contribution in [0.2, 0.25) is 5.02 Å². The van der Waals surface area contributed by atoms with Crippen LogP contribution in [-0.4, -0.2) is 13.1 Å². The summed E-state index contributed by atoms with van der Waals surface area (Å²) in [5.74, 6) is -0.117. The molecule has 2 nitrogen and oxygen atoms in total. The van der Waals surface area contributed by atoms with Gasteiger partial charge in [-0.1, -0.05) is 23.7 Å². The highest BCUT2D eigenvalue weighted by atomic mass is 35.5. The van der Waals surface area contributed by atoms with Crippen molar-refractivity contribution in [3.63, 3.8) is 0 Å². The SMILES string of the molecule is Cl.Fc1cccc(OC(c2ccc(F)c(Cl)c2)C2CNC2)c1. The van der Waals surface area contributed by atoms with Gasteiger partial charge in [-0.05, 0) is 29.8 Å². The van der Waals surface area contributed by atoms with E-state index >= 15 is 0 Å². The maximum Gasteiger partial charge on any atom is 0.141 e. The molecule has 1 N–H and O–H groups in total. The summed E-state index contributed by atoms with van der Waals surface area (Å²) in [5, 5.41) is 3.24. The third-order valence-corrected chi connectivity index (χ3v) is 3.86. The van der Waals surface area contributed by atoms with E-state index in [4.69, 9.17) is 16.3 Å². The first-order valence-electron chi connectivity index (χ1n) is 6.71. The molecule has 0 amide bonds. The van der Waals surface area contributed by atoms with Crippen LogP contribution in [0.1, 0.15) is 11.7 Å². The highest BCUT2D eigenvalue weighted by Crippen LogP contribution is 2.32. The number of ether oxygens (including phenoxy) is 1. The minimum absolute atomic E-state index is 0. The lowest BCUT2D eigenvalue weighted by Gasteiger charge is -2.35. The van der Waals surface area contributed by atoms with Gasteiger partial charge in [0.1, 0.15) is 23.5 Å². The zero-order valence-electron chi connectivity index (χ0n) is 11.6. The maximum absolute atomic E-state index is 13.3. The van der Waals surface area contributed by atoms with Crippen molar-refractivity contribution in [1.82, 2.24) is 5.32 Å². The third-order valence-electron chi connectivity index (χ3n) is 3.57. The van der Waals surface area contributed by atoms with Gasteiger partial charge in [0.05, 0.1) is 5.02 Å². The standard InChI is InChI=1S/C16H14ClF2NO.ClH/c17-14-6-10(4-5-15(14)19)16(11-8-20-9-11)21-13-3-1-2-12(18)7-13;/h1-7,11,16,20H,8-9H2;1H. The molecule has 3 rings (SSSR count). The first-order valence-corrected chi connectivity index (χ1v) is 7.09. The molecule has 2 aromatic rings. The summed E-state index contributed by atoms with van der Waals surface area (Å²) in [6.07, 6.45) is -0.286. The summed E-state index contributed by atoms with van der Waals surface area (Å²) in [5.41, 5.74) is 0.789. The second kappa shape index (κ2) is 7.27. The monoisotopic (exact) mass is 345 g/mol. The Morgan fingerprint density at radius 2 is 1.91 bits per heavy atom. The molecule has 6 heteroatoms. The van der Waals surface area contributed by atoms with Crippen LogP contribution in [0, 0.1) is 17.6 Å². The fraction of sp³-hybridized carbons (Fsp3) is 0.250. The molecule has 0 spiro atoms. The van der Waals surface area contributed by atoms with Gasteiger partial charge in [-0.25, -0.2) is 8.78 Å². The number of hydrogen-bond donors (Lipinski definition) is 1. The molecule has 0 aromatic heterocycles. The summed E-state index contributed by atoms with van der Waals surface area (Å²) < 4.78 is 32.5. The minimum atomic E-state index is -0.461. The molecule has 0 radical (unpaired) electrons. The van der Waals surface area contributed by atoms with Gasteiger partial charge in [-0.3, -0.25) is 0 Å². The minimum Gasteiger partial charge on any atom is -0.485 e. The van der Waals surface area contributed by atoms with Crippen molar-refractivity contribution in [2.24, 2.45) is 5.92 Å². The van der Waals surface area contributed by atoms with Crippen molar-refractivity contribution < 1.29 is 13.5 Å². The first-order chi connectivity index (χ1) is 10.1. The molecule has 1 unspecified atom stereocenters. The number of halogens is 4. The topological polar surface area (TPSA) is 21.3 Å². The molecule has 1 atom stereocenters. The van der Waals surface area contributed by atoms with Crippen LogP contribution in [0.4, 0.5) is 8.78 Å². The van der Waals surface area contributed by atoms with E-state index in [1.165, 1.54) is 18.2 Å². The normalized spacial score (nSPS) is 15.6. The molecule has 0 saturated carbocycles. The van der Waals surface area contributed by atoms with Crippen molar-refractivity contribution in [3.8, 4) is 5.75 Å². The predicted molar refractivity (Wildman–Crippen MR) is 84.8 cm³/mol. The van der Waals surface area contributed by atoms with E-state index in [0.717, 1.165) is 18.7 Å². The molecule has 1 aliphatic rings. The number of rotatable bonds is 4. The summed E-state index contributed by atoms with van der Waals surface area (Å²) in [6, 6.07) is 10.5. The van der Waals surface area contributed by atoms with Crippen molar-refractivity contribution in [2.45, 2.75) is 6.10 Å². The summed E-state index contributed by atoms with van der Waals surface area (Å²) in [6.45, 7) is 1.60. The summed E-state index contributed by atoms with van der Waals surface area (Å²) in [7, 11) is 0. The van der Waals surface area contributed by atoms with E-state index in [1.807, 2.05) is 0 Å². The molecule has 0 bridgehead atoms. The second-order valence-corrected chi connectivity index (χ2v) is 5.49. The molecule has 1 saturated heterocycles. The molecule has 1 fully saturated rings. The Bertz CT molecular complexity index is 650. The Morgan fingerprint density at radius 3 is 2.50 bits per heavy atom. The van der Waals surface area contributed by atoms with E-state index in [-0.39, 0.29) is 35.3 Å². The van der Waals surface area contributed by atoms with Gasteiger partial charge in [0, 0.05) is 25.1 Å². The Labute approximate surface area is 138 Å². The van der Waals surface area contributed by atoms with Crippen molar-refractivity contribution in [2.75, 3.05) is 13.1 Å². The van der Waals surface area contributed by atoms with Crippen LogP contribution in [0.25, 0.3) is 0 Å². The van der Waals surface area contributed by atoms with Crippen molar-refractivity contribution in [1.29, 1.82) is 0 Å². The Kier molecular flexibility index (Phi) is 5.62. The molecular formula is C16H15Cl2F2NO. The molecular weight excluding hydrogens is 331 g/mol. The van der Waals surface area contributed by atoms with Gasteiger partial charge >= 0.3 is 0 Å². The number of benzene rings is 2. The van der Waals surface area contributed by atoms with Crippen LogP contribution in [0.5, 0.6) is 5.75 Å². The molecule has 118 valence electrons. The zero-order chi connectivity index (χ0) is 14.8. The second-order valence-electron chi connectivity index (χ2n) is 5.09. The third kappa shape index (κ3) is 3.69. The van der Waals surface area contributed by atoms with E-state index in [0.29, 0.717) is 5.75 Å². The lowest BCUT2D eigenvalue weighted by Crippen LogP contribution is -2.46. The Balaban J connectivity index is 0.00000176. The van der Waals surface area contributed by atoms with Gasteiger partial charge in [-0.2, -0.15) is 0 Å². The van der Waals surface area contributed by atoms with Gasteiger partial charge < -0.3 is 10.1 Å². The lowest BCUT2D eigenvalue weighted by atomic mass is 9.91. The predicted octanol–water partition coefficient (Wildman–Crippen LogP) is 4.38. The van der Waals surface area contributed by atoms with Crippen LogP contribution in [-0.2, 0) is 0 Å². The summed E-state index contributed by atoms with van der Waals surface area (Å²) in [4.78, 5) is 0. The van der Waals surface area contributed by atoms with Crippen LogP contribution in [0.3, 0.4) is 0 Å². The van der Waals surface area contributed by atoms with Crippen LogP contribution >= 0.6 is 24.0 Å². The summed E-state index contributed by atoms with van der Waals surface area (Å²) >= 11 is 5.85. The number of nitrogens with one attached hydrogen (secondary N) is 1. The zero-order valence-corrected chi connectivity index (χ0v) is 13.1. The van der Waals surface area contributed by atoms with Crippen molar-refractivity contribution in [3.05, 3.63) is 64.7 Å². The average molecular weight is 346 g/mol. The quantitative estimate of drug-likeness (QED) is 0.887. The molecule has 0 aliphatic carbocycles. The van der Waals surface area contributed by atoms with Gasteiger partial charge in [0.2, 0.25) is 0 Å². The fourth-order valence-electron chi connectivity index (χ4n) is 2.34. The Hall–Kier alpha value is -1.36. The highest BCUT2D eigenvalue weighted by molar-refractivity contribution is 6.30. The fourth-order valence-corrected chi connectivity index (χ4v) is 2.53. The average Bonchev–Trinajstić information content (AvgIpc) is 2.39. The van der Waals surface area contributed by atoms with Crippen LogP contribution < -0.4 is 10.1 Å². The van der Waals surface area contributed by atoms with E-state index in [1.54, 1.807) is 24.3 Å². The maximum atomic E-state index is 13.3. The number of hydrogen-bond acceptors (Lipinski definition) is 2. The smallest absolute Gasteiger partial charge is 0.141 e. The van der Waals surface area contributed by atoms with E-state index in [9.17, 15) is 8.78 Å². The molecule has 1 aliphatic heterocycles. The van der Waals surface area contributed by atoms with Crippen molar-refractivity contribution >= 4 is 24.0 Å². The van der Waals surface area contributed by atoms with Gasteiger partial charge in [0.25, 0.3) is 0 Å². The largest absolute Gasteiger partial charge is 0.485 e. The molecule has 1 heterocycles. The van der Waals surface area contributed by atoms with E-state index < -0.39 is 5.82 Å².